The Kier molecular flexibility index (Phi) is 5.01. The number of nitrogens with one attached hydrogen (secondary N) is 1. The first-order chi connectivity index (χ1) is 14.1. The smallest absolute Gasteiger partial charge is 0.259 e. The molecule has 146 valence electrons. The maximum absolute atomic E-state index is 13.0. The molecular formula is C20H17ClN6O2. The molecule has 2 aromatic carbocycles. The highest BCUT2D eigenvalue weighted by atomic mass is 35.5. The second-order valence-electron chi connectivity index (χ2n) is 6.30. The predicted molar refractivity (Wildman–Crippen MR) is 109 cm³/mol. The van der Waals surface area contributed by atoms with Gasteiger partial charge in [0.2, 0.25) is 0 Å². The lowest BCUT2D eigenvalue weighted by Crippen LogP contribution is -2.15. The van der Waals surface area contributed by atoms with Crippen molar-refractivity contribution >= 4 is 23.2 Å². The molecule has 0 aliphatic rings. The molecule has 0 aliphatic heterocycles. The van der Waals surface area contributed by atoms with Crippen LogP contribution in [0.15, 0.2) is 61.2 Å². The Bertz CT molecular complexity index is 1160. The summed E-state index contributed by atoms with van der Waals surface area (Å²) in [6.07, 6.45) is 5.22. The number of nitrogens with zero attached hydrogens (tertiary/aromatic N) is 5. The number of anilines is 1. The fourth-order valence-electron chi connectivity index (χ4n) is 2.94. The third kappa shape index (κ3) is 3.70. The van der Waals surface area contributed by atoms with E-state index in [9.17, 15) is 4.79 Å². The van der Waals surface area contributed by atoms with Crippen LogP contribution in [0.5, 0.6) is 5.75 Å². The van der Waals surface area contributed by atoms with E-state index in [1.54, 1.807) is 18.2 Å². The average Bonchev–Trinajstić information content (AvgIpc) is 3.43. The molecule has 29 heavy (non-hydrogen) atoms. The van der Waals surface area contributed by atoms with Crippen LogP contribution in [0.2, 0.25) is 5.02 Å². The first-order valence-electron chi connectivity index (χ1n) is 8.73. The minimum Gasteiger partial charge on any atom is -0.496 e. The van der Waals surface area contributed by atoms with E-state index in [0.29, 0.717) is 22.0 Å². The maximum Gasteiger partial charge on any atom is 0.259 e. The van der Waals surface area contributed by atoms with Gasteiger partial charge in [-0.3, -0.25) is 4.79 Å². The summed E-state index contributed by atoms with van der Waals surface area (Å²) in [6.45, 7) is 1.90. The zero-order valence-electron chi connectivity index (χ0n) is 15.7. The number of benzene rings is 2. The van der Waals surface area contributed by atoms with Crippen molar-refractivity contribution in [1.82, 2.24) is 24.8 Å². The largest absolute Gasteiger partial charge is 0.496 e. The van der Waals surface area contributed by atoms with E-state index >= 15 is 0 Å². The Balaban J connectivity index is 1.67. The van der Waals surface area contributed by atoms with E-state index in [0.717, 1.165) is 16.9 Å². The van der Waals surface area contributed by atoms with Crippen LogP contribution >= 0.6 is 11.6 Å². The topological polar surface area (TPSA) is 86.9 Å². The van der Waals surface area contributed by atoms with Crippen molar-refractivity contribution in [2.24, 2.45) is 0 Å². The molecule has 9 heteroatoms. The van der Waals surface area contributed by atoms with E-state index in [4.69, 9.17) is 16.3 Å². The van der Waals surface area contributed by atoms with Crippen LogP contribution in [0.4, 0.5) is 5.69 Å². The number of tetrazole rings is 1. The van der Waals surface area contributed by atoms with Crippen LogP contribution in [0.3, 0.4) is 0 Å². The van der Waals surface area contributed by atoms with Gasteiger partial charge in [0.15, 0.2) is 0 Å². The molecule has 0 spiro atoms. The van der Waals surface area contributed by atoms with E-state index in [2.05, 4.69) is 20.8 Å². The van der Waals surface area contributed by atoms with Crippen molar-refractivity contribution in [3.8, 4) is 17.1 Å². The zero-order valence-corrected chi connectivity index (χ0v) is 16.5. The van der Waals surface area contributed by atoms with Gasteiger partial charge in [0.1, 0.15) is 12.1 Å². The Hall–Kier alpha value is -3.65. The van der Waals surface area contributed by atoms with Crippen LogP contribution in [0.25, 0.3) is 11.4 Å². The Morgan fingerprint density at radius 3 is 2.66 bits per heavy atom. The van der Waals surface area contributed by atoms with Gasteiger partial charge in [0.05, 0.1) is 29.1 Å². The summed E-state index contributed by atoms with van der Waals surface area (Å²) in [5, 5.41) is 14.5. The minimum atomic E-state index is -0.334. The summed E-state index contributed by atoms with van der Waals surface area (Å²) in [7, 11) is 1.52. The quantitative estimate of drug-likeness (QED) is 0.544. The fraction of sp³-hybridized carbons (Fsp3) is 0.100. The standard InChI is InChI=1S/C20H17ClN6O2/c1-13-5-6-14(27-12-22-24-25-27)9-17(13)23-20(28)15-10-16(21)18(11-19(15)29-2)26-7-3-4-8-26/h3-12H,1-2H3,(H,23,28). The monoisotopic (exact) mass is 408 g/mol. The molecule has 1 amide bonds. The number of aryl methyl sites for hydroxylation is 1. The summed E-state index contributed by atoms with van der Waals surface area (Å²) in [6, 6.07) is 12.7. The van der Waals surface area contributed by atoms with Crippen molar-refractivity contribution < 1.29 is 9.53 Å². The lowest BCUT2D eigenvalue weighted by atomic mass is 10.1. The summed E-state index contributed by atoms with van der Waals surface area (Å²) in [4.78, 5) is 13.0. The third-order valence-corrected chi connectivity index (χ3v) is 4.78. The molecule has 8 nitrogen and oxygen atoms in total. The number of aromatic nitrogens is 5. The lowest BCUT2D eigenvalue weighted by Gasteiger charge is -2.15. The van der Waals surface area contributed by atoms with E-state index < -0.39 is 0 Å². The van der Waals surface area contributed by atoms with Gasteiger partial charge in [-0.15, -0.1) is 5.10 Å². The number of carbonyl (C=O) groups is 1. The number of amides is 1. The molecule has 4 aromatic rings. The normalized spacial score (nSPS) is 10.7. The Labute approximate surface area is 171 Å². The molecule has 0 atom stereocenters. The van der Waals surface area contributed by atoms with Crippen molar-refractivity contribution in [3.05, 3.63) is 77.3 Å². The lowest BCUT2D eigenvalue weighted by molar-refractivity contribution is 0.102. The highest BCUT2D eigenvalue weighted by Crippen LogP contribution is 2.31. The summed E-state index contributed by atoms with van der Waals surface area (Å²) < 4.78 is 8.81. The van der Waals surface area contributed by atoms with Crippen molar-refractivity contribution in [1.29, 1.82) is 0 Å². The Morgan fingerprint density at radius 1 is 1.17 bits per heavy atom. The molecule has 0 unspecified atom stereocenters. The van der Waals surface area contributed by atoms with E-state index in [1.165, 1.54) is 18.1 Å². The van der Waals surface area contributed by atoms with Gasteiger partial charge < -0.3 is 14.6 Å². The summed E-state index contributed by atoms with van der Waals surface area (Å²) >= 11 is 6.44. The first-order valence-corrected chi connectivity index (χ1v) is 9.11. The van der Waals surface area contributed by atoms with Gasteiger partial charge in [0.25, 0.3) is 5.91 Å². The van der Waals surface area contributed by atoms with Crippen molar-refractivity contribution in [3.63, 3.8) is 0 Å². The molecule has 0 saturated heterocycles. The van der Waals surface area contributed by atoms with Crippen LogP contribution in [0.1, 0.15) is 15.9 Å². The second kappa shape index (κ2) is 7.76. The predicted octanol–water partition coefficient (Wildman–Crippen LogP) is 3.68. The molecule has 1 N–H and O–H groups in total. The molecular weight excluding hydrogens is 392 g/mol. The summed E-state index contributed by atoms with van der Waals surface area (Å²) in [5.74, 6) is 0.0876. The molecule has 0 bridgehead atoms. The second-order valence-corrected chi connectivity index (χ2v) is 6.71. The van der Waals surface area contributed by atoms with E-state index in [-0.39, 0.29) is 5.91 Å². The number of hydrogen-bond donors (Lipinski definition) is 1. The summed E-state index contributed by atoms with van der Waals surface area (Å²) in [5.41, 5.74) is 3.31. The van der Waals surface area contributed by atoms with E-state index in [1.807, 2.05) is 48.1 Å². The Morgan fingerprint density at radius 2 is 1.97 bits per heavy atom. The number of ether oxygens (including phenoxy) is 1. The van der Waals surface area contributed by atoms with Gasteiger partial charge in [-0.2, -0.15) is 0 Å². The SMILES string of the molecule is COc1cc(-n2cccc2)c(Cl)cc1C(=O)Nc1cc(-n2cnnn2)ccc1C. The number of halogens is 1. The van der Waals surface area contributed by atoms with Gasteiger partial charge in [-0.1, -0.05) is 17.7 Å². The van der Waals surface area contributed by atoms with Gasteiger partial charge in [-0.05, 0) is 53.2 Å². The highest BCUT2D eigenvalue weighted by Gasteiger charge is 2.18. The average molecular weight is 409 g/mol. The van der Waals surface area contributed by atoms with Crippen LogP contribution in [-0.4, -0.2) is 37.8 Å². The van der Waals surface area contributed by atoms with Crippen molar-refractivity contribution in [2.45, 2.75) is 6.92 Å². The molecule has 4 rings (SSSR count). The molecule has 2 heterocycles. The van der Waals surface area contributed by atoms with Crippen LogP contribution < -0.4 is 10.1 Å². The van der Waals surface area contributed by atoms with Crippen molar-refractivity contribution in [2.75, 3.05) is 12.4 Å². The molecule has 0 aliphatic carbocycles. The fourth-order valence-corrected chi connectivity index (χ4v) is 3.20. The molecule has 0 saturated carbocycles. The minimum absolute atomic E-state index is 0.334. The van der Waals surface area contributed by atoms with Crippen LogP contribution in [-0.2, 0) is 0 Å². The number of methoxy groups -OCH3 is 1. The van der Waals surface area contributed by atoms with Gasteiger partial charge >= 0.3 is 0 Å². The zero-order chi connectivity index (χ0) is 20.4. The molecule has 0 fully saturated rings. The first kappa shape index (κ1) is 18.7. The van der Waals surface area contributed by atoms with Gasteiger partial charge in [0, 0.05) is 24.1 Å². The number of hydrogen-bond acceptors (Lipinski definition) is 5. The maximum atomic E-state index is 13.0. The number of carbonyl (C=O) groups excluding carboxylic acids is 1. The van der Waals surface area contributed by atoms with Crippen LogP contribution in [0, 0.1) is 6.92 Å². The van der Waals surface area contributed by atoms with Gasteiger partial charge in [-0.25, -0.2) is 4.68 Å². The highest BCUT2D eigenvalue weighted by molar-refractivity contribution is 6.33. The molecule has 2 aromatic heterocycles. The third-order valence-electron chi connectivity index (χ3n) is 4.48. The molecule has 0 radical (unpaired) electrons. The number of rotatable bonds is 5.